The van der Waals surface area contributed by atoms with Crippen LogP contribution in [-0.4, -0.2) is 12.1 Å². The molecule has 2 aromatic rings. The van der Waals surface area contributed by atoms with E-state index < -0.39 is 0 Å². The summed E-state index contributed by atoms with van der Waals surface area (Å²) in [7, 11) is 1.70. The average molecular weight is 304 g/mol. The third-order valence-corrected chi connectivity index (χ3v) is 5.11. The van der Waals surface area contributed by atoms with Gasteiger partial charge in [0.25, 0.3) is 0 Å². The molecule has 4 heteroatoms. The van der Waals surface area contributed by atoms with E-state index in [4.69, 9.17) is 9.72 Å². The second-order valence-electron chi connectivity index (χ2n) is 6.28. The van der Waals surface area contributed by atoms with E-state index in [1.807, 2.05) is 24.3 Å². The van der Waals surface area contributed by atoms with Crippen LogP contribution in [-0.2, 0) is 5.41 Å². The standard InChI is InChI=1S/C17H24N2OS/c1-11(18-13-9-7-8-10-14(13)20-6)15-12(2)19-16(21-15)17(3,4)5/h7-11,18H,1-6H3. The molecule has 0 aliphatic carbocycles. The lowest BCUT2D eigenvalue weighted by atomic mass is 9.98. The number of anilines is 1. The molecule has 0 spiro atoms. The van der Waals surface area contributed by atoms with Gasteiger partial charge in [-0.1, -0.05) is 32.9 Å². The highest BCUT2D eigenvalue weighted by atomic mass is 32.1. The number of methoxy groups -OCH3 is 1. The Balaban J connectivity index is 2.25. The summed E-state index contributed by atoms with van der Waals surface area (Å²) in [4.78, 5) is 6.02. The number of benzene rings is 1. The summed E-state index contributed by atoms with van der Waals surface area (Å²) >= 11 is 1.79. The van der Waals surface area contributed by atoms with E-state index in [9.17, 15) is 0 Å². The van der Waals surface area contributed by atoms with Crippen LogP contribution in [0.15, 0.2) is 24.3 Å². The van der Waals surface area contributed by atoms with Gasteiger partial charge in [0.05, 0.1) is 29.5 Å². The monoisotopic (exact) mass is 304 g/mol. The van der Waals surface area contributed by atoms with Crippen LogP contribution in [0.4, 0.5) is 5.69 Å². The number of nitrogens with one attached hydrogen (secondary N) is 1. The topological polar surface area (TPSA) is 34.1 Å². The first-order valence-corrected chi connectivity index (χ1v) is 8.02. The molecule has 1 N–H and O–H groups in total. The van der Waals surface area contributed by atoms with Gasteiger partial charge in [-0.2, -0.15) is 0 Å². The number of para-hydroxylation sites is 2. The van der Waals surface area contributed by atoms with Gasteiger partial charge in [-0.15, -0.1) is 11.3 Å². The molecule has 1 unspecified atom stereocenters. The predicted molar refractivity (Wildman–Crippen MR) is 90.6 cm³/mol. The Kier molecular flexibility index (Phi) is 4.57. The molecule has 3 nitrogen and oxygen atoms in total. The highest BCUT2D eigenvalue weighted by Gasteiger charge is 2.22. The molecule has 1 aromatic heterocycles. The molecule has 0 radical (unpaired) electrons. The average Bonchev–Trinajstić information content (AvgIpc) is 2.81. The Labute approximate surface area is 131 Å². The van der Waals surface area contributed by atoms with Crippen molar-refractivity contribution in [3.8, 4) is 5.75 Å². The van der Waals surface area contributed by atoms with Gasteiger partial charge < -0.3 is 10.1 Å². The fraction of sp³-hybridized carbons (Fsp3) is 0.471. The summed E-state index contributed by atoms with van der Waals surface area (Å²) in [5, 5.41) is 4.71. The lowest BCUT2D eigenvalue weighted by Gasteiger charge is -2.17. The molecule has 1 heterocycles. The van der Waals surface area contributed by atoms with Crippen LogP contribution in [0.5, 0.6) is 5.75 Å². The molecule has 114 valence electrons. The minimum absolute atomic E-state index is 0.0951. The summed E-state index contributed by atoms with van der Waals surface area (Å²) < 4.78 is 5.40. The fourth-order valence-electron chi connectivity index (χ4n) is 2.19. The van der Waals surface area contributed by atoms with Crippen LogP contribution in [0.1, 0.15) is 49.3 Å². The largest absolute Gasteiger partial charge is 0.495 e. The van der Waals surface area contributed by atoms with Crippen molar-refractivity contribution in [3.05, 3.63) is 39.8 Å². The number of rotatable bonds is 4. The molecule has 0 bridgehead atoms. The molecular weight excluding hydrogens is 280 g/mol. The molecule has 0 fully saturated rings. The number of ether oxygens (including phenoxy) is 1. The normalized spacial score (nSPS) is 13.0. The molecule has 0 aliphatic rings. The maximum atomic E-state index is 5.40. The number of thiazole rings is 1. The summed E-state index contributed by atoms with van der Waals surface area (Å²) in [6.07, 6.45) is 0. The van der Waals surface area contributed by atoms with E-state index in [1.54, 1.807) is 18.4 Å². The zero-order valence-electron chi connectivity index (χ0n) is 13.7. The summed E-state index contributed by atoms with van der Waals surface area (Å²) in [5.41, 5.74) is 2.22. The number of aromatic nitrogens is 1. The molecule has 1 aromatic carbocycles. The third kappa shape index (κ3) is 3.56. The van der Waals surface area contributed by atoms with Gasteiger partial charge in [0.2, 0.25) is 0 Å². The van der Waals surface area contributed by atoms with Gasteiger partial charge in [-0.25, -0.2) is 4.98 Å². The second kappa shape index (κ2) is 6.06. The van der Waals surface area contributed by atoms with Gasteiger partial charge >= 0.3 is 0 Å². The third-order valence-electron chi connectivity index (χ3n) is 3.35. The minimum Gasteiger partial charge on any atom is -0.495 e. The lowest BCUT2D eigenvalue weighted by molar-refractivity contribution is 0.416. The van der Waals surface area contributed by atoms with Crippen LogP contribution < -0.4 is 10.1 Å². The van der Waals surface area contributed by atoms with Gasteiger partial charge in [0.1, 0.15) is 5.75 Å². The van der Waals surface area contributed by atoms with Crippen LogP contribution in [0, 0.1) is 6.92 Å². The first kappa shape index (κ1) is 15.8. The smallest absolute Gasteiger partial charge is 0.141 e. The molecular formula is C17H24N2OS. The molecule has 0 saturated heterocycles. The zero-order valence-corrected chi connectivity index (χ0v) is 14.5. The number of hydrogen-bond donors (Lipinski definition) is 1. The van der Waals surface area contributed by atoms with Crippen molar-refractivity contribution in [2.45, 2.75) is 46.1 Å². The van der Waals surface area contributed by atoms with Crippen molar-refractivity contribution in [1.82, 2.24) is 4.98 Å². The predicted octanol–water partition coefficient (Wildman–Crippen LogP) is 4.93. The first-order chi connectivity index (χ1) is 9.82. The molecule has 0 aliphatic heterocycles. The number of hydrogen-bond acceptors (Lipinski definition) is 4. The fourth-order valence-corrected chi connectivity index (χ4v) is 3.32. The van der Waals surface area contributed by atoms with E-state index in [1.165, 1.54) is 9.88 Å². The van der Waals surface area contributed by atoms with Crippen LogP contribution >= 0.6 is 11.3 Å². The van der Waals surface area contributed by atoms with Crippen molar-refractivity contribution >= 4 is 17.0 Å². The Morgan fingerprint density at radius 1 is 1.24 bits per heavy atom. The Morgan fingerprint density at radius 2 is 1.90 bits per heavy atom. The van der Waals surface area contributed by atoms with Crippen molar-refractivity contribution in [2.24, 2.45) is 0 Å². The highest BCUT2D eigenvalue weighted by molar-refractivity contribution is 7.12. The summed E-state index contributed by atoms with van der Waals surface area (Å²) in [6, 6.07) is 8.20. The lowest BCUT2D eigenvalue weighted by Crippen LogP contribution is -2.10. The molecule has 1 atom stereocenters. The SMILES string of the molecule is COc1ccccc1NC(C)c1sc(C(C)(C)C)nc1C. The van der Waals surface area contributed by atoms with Gasteiger partial charge in [0, 0.05) is 10.3 Å². The van der Waals surface area contributed by atoms with Crippen LogP contribution in [0.25, 0.3) is 0 Å². The maximum absolute atomic E-state index is 5.40. The van der Waals surface area contributed by atoms with Gasteiger partial charge in [-0.05, 0) is 26.0 Å². The molecule has 0 amide bonds. The Morgan fingerprint density at radius 3 is 2.48 bits per heavy atom. The minimum atomic E-state index is 0.0951. The number of aryl methyl sites for hydroxylation is 1. The summed E-state index contributed by atoms with van der Waals surface area (Å²) in [6.45, 7) is 10.9. The van der Waals surface area contributed by atoms with Crippen LogP contribution in [0.2, 0.25) is 0 Å². The summed E-state index contributed by atoms with van der Waals surface area (Å²) in [5.74, 6) is 0.863. The van der Waals surface area contributed by atoms with Gasteiger partial charge in [0.15, 0.2) is 0 Å². The second-order valence-corrected chi connectivity index (χ2v) is 7.32. The van der Waals surface area contributed by atoms with Crippen molar-refractivity contribution in [2.75, 3.05) is 12.4 Å². The van der Waals surface area contributed by atoms with Crippen molar-refractivity contribution < 1.29 is 4.74 Å². The first-order valence-electron chi connectivity index (χ1n) is 7.20. The molecule has 21 heavy (non-hydrogen) atoms. The Bertz CT molecular complexity index is 613. The van der Waals surface area contributed by atoms with Gasteiger partial charge in [-0.3, -0.25) is 0 Å². The quantitative estimate of drug-likeness (QED) is 0.869. The maximum Gasteiger partial charge on any atom is 0.141 e. The van der Waals surface area contributed by atoms with E-state index in [0.29, 0.717) is 0 Å². The molecule has 0 saturated carbocycles. The number of nitrogens with zero attached hydrogens (tertiary/aromatic N) is 1. The van der Waals surface area contributed by atoms with Crippen LogP contribution in [0.3, 0.4) is 0 Å². The van der Waals surface area contributed by atoms with E-state index >= 15 is 0 Å². The van der Waals surface area contributed by atoms with E-state index in [2.05, 4.69) is 39.9 Å². The van der Waals surface area contributed by atoms with Crippen molar-refractivity contribution in [3.63, 3.8) is 0 Å². The highest BCUT2D eigenvalue weighted by Crippen LogP contribution is 2.35. The van der Waals surface area contributed by atoms with Crippen molar-refractivity contribution in [1.29, 1.82) is 0 Å². The zero-order chi connectivity index (χ0) is 15.6. The molecule has 2 rings (SSSR count). The van der Waals surface area contributed by atoms with E-state index in [-0.39, 0.29) is 11.5 Å². The Hall–Kier alpha value is -1.55. The van der Waals surface area contributed by atoms with E-state index in [0.717, 1.165) is 17.1 Å².